The first-order chi connectivity index (χ1) is 15.4. The van der Waals surface area contributed by atoms with Gasteiger partial charge in [0.25, 0.3) is 5.91 Å². The molecule has 0 unspecified atom stereocenters. The first-order valence-electron chi connectivity index (χ1n) is 9.81. The predicted octanol–water partition coefficient (Wildman–Crippen LogP) is 4.46. The number of pyridine rings is 2. The lowest BCUT2D eigenvalue weighted by molar-refractivity contribution is -0.120. The molecule has 4 aromatic rings. The normalized spacial score (nSPS) is 10.8. The van der Waals surface area contributed by atoms with Crippen molar-refractivity contribution in [2.75, 3.05) is 5.32 Å². The molecule has 0 spiro atoms. The summed E-state index contributed by atoms with van der Waals surface area (Å²) >= 11 is 12.3. The predicted molar refractivity (Wildman–Crippen MR) is 124 cm³/mol. The Kier molecular flexibility index (Phi) is 6.39. The number of carbonyl (C=O) groups excluding carboxylic acids is 2. The van der Waals surface area contributed by atoms with E-state index in [0.29, 0.717) is 23.6 Å². The Morgan fingerprint density at radius 1 is 1.03 bits per heavy atom. The molecule has 2 N–H and O–H groups in total. The second kappa shape index (κ2) is 9.38. The number of nitrogens with zero attached hydrogens (tertiary/aromatic N) is 3. The van der Waals surface area contributed by atoms with Crippen molar-refractivity contribution in [1.29, 1.82) is 0 Å². The fourth-order valence-electron chi connectivity index (χ4n) is 3.36. The quantitative estimate of drug-likeness (QED) is 0.438. The zero-order valence-corrected chi connectivity index (χ0v) is 18.6. The van der Waals surface area contributed by atoms with Gasteiger partial charge in [-0.05, 0) is 48.9 Å². The summed E-state index contributed by atoms with van der Waals surface area (Å²) in [6.45, 7) is 2.24. The van der Waals surface area contributed by atoms with Crippen molar-refractivity contribution in [3.63, 3.8) is 0 Å². The summed E-state index contributed by atoms with van der Waals surface area (Å²) in [4.78, 5) is 33.9. The number of aromatic nitrogens is 3. The molecule has 0 saturated heterocycles. The molecule has 3 aromatic heterocycles. The van der Waals surface area contributed by atoms with Gasteiger partial charge in [0.05, 0.1) is 39.1 Å². The highest BCUT2D eigenvalue weighted by Crippen LogP contribution is 2.27. The SMILES string of the molecule is Cc1nc2c(NC(=O)c3c(Cl)cccc3Cl)cccn2c1CC(=O)NCc1ccncc1. The molecule has 0 radical (unpaired) electrons. The molecule has 162 valence electrons. The van der Waals surface area contributed by atoms with Crippen LogP contribution in [0.1, 0.15) is 27.3 Å². The van der Waals surface area contributed by atoms with Crippen LogP contribution in [0, 0.1) is 6.92 Å². The number of hydrogen-bond acceptors (Lipinski definition) is 4. The van der Waals surface area contributed by atoms with Gasteiger partial charge in [0, 0.05) is 25.1 Å². The van der Waals surface area contributed by atoms with Gasteiger partial charge in [0.15, 0.2) is 5.65 Å². The van der Waals surface area contributed by atoms with Crippen molar-refractivity contribution in [2.45, 2.75) is 19.9 Å². The summed E-state index contributed by atoms with van der Waals surface area (Å²) in [5, 5.41) is 6.24. The van der Waals surface area contributed by atoms with Crippen molar-refractivity contribution in [3.05, 3.63) is 93.6 Å². The van der Waals surface area contributed by atoms with Crippen molar-refractivity contribution < 1.29 is 9.59 Å². The zero-order chi connectivity index (χ0) is 22.7. The molecule has 0 bridgehead atoms. The highest BCUT2D eigenvalue weighted by molar-refractivity contribution is 6.40. The molecule has 4 rings (SSSR count). The number of amides is 2. The molecule has 0 saturated carbocycles. The van der Waals surface area contributed by atoms with Gasteiger partial charge in [0.1, 0.15) is 0 Å². The Bertz CT molecular complexity index is 1280. The molecule has 0 fully saturated rings. The minimum absolute atomic E-state index is 0.135. The molecule has 0 atom stereocenters. The van der Waals surface area contributed by atoms with E-state index in [2.05, 4.69) is 20.6 Å². The highest BCUT2D eigenvalue weighted by Gasteiger charge is 2.19. The Labute approximate surface area is 194 Å². The summed E-state index contributed by atoms with van der Waals surface area (Å²) in [5.41, 5.74) is 3.60. The molecular weight excluding hydrogens is 449 g/mol. The van der Waals surface area contributed by atoms with E-state index in [1.54, 1.807) is 53.3 Å². The van der Waals surface area contributed by atoms with Crippen LogP contribution in [-0.4, -0.2) is 26.2 Å². The van der Waals surface area contributed by atoms with Gasteiger partial charge in [-0.25, -0.2) is 4.98 Å². The third kappa shape index (κ3) is 4.59. The van der Waals surface area contributed by atoms with Crippen molar-refractivity contribution in [3.8, 4) is 0 Å². The Morgan fingerprint density at radius 2 is 1.75 bits per heavy atom. The lowest BCUT2D eigenvalue weighted by atomic mass is 10.2. The summed E-state index contributed by atoms with van der Waals surface area (Å²) < 4.78 is 1.80. The molecule has 3 heterocycles. The van der Waals surface area contributed by atoms with E-state index < -0.39 is 5.91 Å². The smallest absolute Gasteiger partial charge is 0.258 e. The largest absolute Gasteiger partial charge is 0.352 e. The first-order valence-corrected chi connectivity index (χ1v) is 10.6. The average molecular weight is 468 g/mol. The van der Waals surface area contributed by atoms with Crippen LogP contribution in [0.25, 0.3) is 5.65 Å². The Hall–Kier alpha value is -3.42. The number of benzene rings is 1. The number of carbonyl (C=O) groups is 2. The average Bonchev–Trinajstić information content (AvgIpc) is 3.09. The van der Waals surface area contributed by atoms with Crippen LogP contribution in [0.3, 0.4) is 0 Å². The maximum atomic E-state index is 12.8. The van der Waals surface area contributed by atoms with Crippen LogP contribution in [0.5, 0.6) is 0 Å². The molecule has 7 nitrogen and oxygen atoms in total. The number of fused-ring (bicyclic) bond motifs is 1. The number of aryl methyl sites for hydroxylation is 1. The second-order valence-corrected chi connectivity index (χ2v) is 7.93. The fourth-order valence-corrected chi connectivity index (χ4v) is 3.92. The van der Waals surface area contributed by atoms with E-state index in [1.807, 2.05) is 19.1 Å². The number of nitrogens with one attached hydrogen (secondary N) is 2. The maximum Gasteiger partial charge on any atom is 0.258 e. The third-order valence-electron chi connectivity index (χ3n) is 4.95. The molecule has 0 aliphatic carbocycles. The van der Waals surface area contributed by atoms with Gasteiger partial charge in [-0.2, -0.15) is 0 Å². The first kappa shape index (κ1) is 21.8. The van der Waals surface area contributed by atoms with Gasteiger partial charge in [0.2, 0.25) is 5.91 Å². The van der Waals surface area contributed by atoms with E-state index >= 15 is 0 Å². The fraction of sp³-hybridized carbons (Fsp3) is 0.130. The van der Waals surface area contributed by atoms with Crippen LogP contribution >= 0.6 is 23.2 Å². The molecular formula is C23H19Cl2N5O2. The number of hydrogen-bond donors (Lipinski definition) is 2. The lowest BCUT2D eigenvalue weighted by Gasteiger charge is -2.10. The van der Waals surface area contributed by atoms with Crippen LogP contribution in [0.4, 0.5) is 5.69 Å². The van der Waals surface area contributed by atoms with Gasteiger partial charge in [-0.3, -0.25) is 14.6 Å². The van der Waals surface area contributed by atoms with Crippen molar-refractivity contribution in [2.24, 2.45) is 0 Å². The minimum Gasteiger partial charge on any atom is -0.352 e. The molecule has 9 heteroatoms. The van der Waals surface area contributed by atoms with Gasteiger partial charge >= 0.3 is 0 Å². The van der Waals surface area contributed by atoms with Crippen LogP contribution in [-0.2, 0) is 17.8 Å². The number of anilines is 1. The van der Waals surface area contributed by atoms with Crippen molar-refractivity contribution >= 4 is 46.4 Å². The monoisotopic (exact) mass is 467 g/mol. The molecule has 2 amide bonds. The molecule has 1 aromatic carbocycles. The van der Waals surface area contributed by atoms with E-state index in [1.165, 1.54) is 0 Å². The van der Waals surface area contributed by atoms with Crippen LogP contribution in [0.2, 0.25) is 10.0 Å². The zero-order valence-electron chi connectivity index (χ0n) is 17.1. The van der Waals surface area contributed by atoms with Gasteiger partial charge < -0.3 is 15.0 Å². The summed E-state index contributed by atoms with van der Waals surface area (Å²) in [6.07, 6.45) is 5.31. The molecule has 0 aliphatic rings. The Balaban J connectivity index is 1.55. The third-order valence-corrected chi connectivity index (χ3v) is 5.58. The molecule has 32 heavy (non-hydrogen) atoms. The van der Waals surface area contributed by atoms with Crippen LogP contribution in [0.15, 0.2) is 61.1 Å². The van der Waals surface area contributed by atoms with Crippen molar-refractivity contribution in [1.82, 2.24) is 19.7 Å². The maximum absolute atomic E-state index is 12.8. The summed E-state index contributed by atoms with van der Waals surface area (Å²) in [6, 6.07) is 12.1. The van der Waals surface area contributed by atoms with E-state index in [9.17, 15) is 9.59 Å². The van der Waals surface area contributed by atoms with Crippen LogP contribution < -0.4 is 10.6 Å². The number of halogens is 2. The van der Waals surface area contributed by atoms with Gasteiger partial charge in [-0.1, -0.05) is 29.3 Å². The minimum atomic E-state index is -0.439. The topological polar surface area (TPSA) is 88.4 Å². The highest BCUT2D eigenvalue weighted by atomic mass is 35.5. The van der Waals surface area contributed by atoms with E-state index in [4.69, 9.17) is 23.2 Å². The Morgan fingerprint density at radius 3 is 2.47 bits per heavy atom. The summed E-state index contributed by atoms with van der Waals surface area (Å²) in [7, 11) is 0. The molecule has 0 aliphatic heterocycles. The van der Waals surface area contributed by atoms with Gasteiger partial charge in [-0.15, -0.1) is 0 Å². The number of imidazole rings is 1. The van der Waals surface area contributed by atoms with E-state index in [-0.39, 0.29) is 27.9 Å². The van der Waals surface area contributed by atoms with E-state index in [0.717, 1.165) is 11.3 Å². The second-order valence-electron chi connectivity index (χ2n) is 7.12. The summed E-state index contributed by atoms with van der Waals surface area (Å²) in [5.74, 6) is -0.574. The standard InChI is InChI=1S/C23H19Cl2N5O2/c1-14-19(12-20(31)27-13-15-7-9-26-10-8-15)30-11-3-6-18(22(30)28-14)29-23(32)21-16(24)4-2-5-17(21)25/h2-11H,12-13H2,1H3,(H,27,31)(H,29,32). The lowest BCUT2D eigenvalue weighted by Crippen LogP contribution is -2.25. The number of rotatable bonds is 6.